The first kappa shape index (κ1) is 90.1. The van der Waals surface area contributed by atoms with Gasteiger partial charge in [-0.1, -0.05) is 312 Å². The molecule has 92 heavy (non-hydrogen) atoms. The van der Waals surface area contributed by atoms with Crippen LogP contribution in [0.3, 0.4) is 0 Å². The molecule has 7 atom stereocenters. The second-order valence-corrected chi connectivity index (χ2v) is 30.7. The molecule has 0 aliphatic carbocycles. The molecular weight excluding hydrogens is 1210 g/mol. The Morgan fingerprint density at radius 2 is 0.522 bits per heavy atom. The fraction of sp³-hybridized carbons (Fsp3) is 0.945. The van der Waals surface area contributed by atoms with Crippen molar-refractivity contribution < 1.29 is 80.2 Å². The summed E-state index contributed by atoms with van der Waals surface area (Å²) < 4.78 is 68.4. The standard InChI is InChI=1S/C73H142O17P2/c1-9-65(7)51-43-35-27-21-16-17-23-30-40-48-56-73(78)89-68(59-83-70(75)53-45-37-28-24-18-20-26-34-42-50-64(5)6)61-87-91(79,80)85-57-67(74)58-86-92(81,82)88-62-69(60-84-71(76)54-46-38-32-31-36-44-52-66(8)10-2)90-72(77)55-47-39-29-22-15-13-11-12-14-19-25-33-41-49-63(3)4/h63-69,74H,9-62H2,1-8H3,(H,79,80)(H,81,82)/t65?,66?,67-,68-,69-/m1/s1. The van der Waals surface area contributed by atoms with Gasteiger partial charge >= 0.3 is 39.5 Å². The van der Waals surface area contributed by atoms with Gasteiger partial charge in [0.15, 0.2) is 12.2 Å². The molecule has 0 aromatic heterocycles. The summed E-state index contributed by atoms with van der Waals surface area (Å²) in [5.74, 6) is 0.938. The molecule has 0 amide bonds. The third-order valence-electron chi connectivity index (χ3n) is 17.5. The zero-order valence-electron chi connectivity index (χ0n) is 60.2. The summed E-state index contributed by atoms with van der Waals surface area (Å²) in [6, 6.07) is 0. The molecule has 0 spiro atoms. The van der Waals surface area contributed by atoms with Crippen LogP contribution in [0.25, 0.3) is 0 Å². The number of aliphatic hydroxyl groups excluding tert-OH is 1. The molecule has 546 valence electrons. The average molecular weight is 1350 g/mol. The molecule has 0 aromatic rings. The number of carbonyl (C=O) groups is 4. The Hall–Kier alpha value is -1.94. The van der Waals surface area contributed by atoms with Crippen LogP contribution in [0.5, 0.6) is 0 Å². The molecule has 0 aliphatic rings. The fourth-order valence-corrected chi connectivity index (χ4v) is 12.5. The first-order valence-corrected chi connectivity index (χ1v) is 40.8. The number of ether oxygens (including phenoxy) is 4. The Kier molecular flexibility index (Phi) is 61.3. The van der Waals surface area contributed by atoms with Gasteiger partial charge in [-0.05, 0) is 49.4 Å². The van der Waals surface area contributed by atoms with Crippen molar-refractivity contribution in [2.24, 2.45) is 23.7 Å². The topological polar surface area (TPSA) is 237 Å². The molecule has 0 aliphatic heterocycles. The van der Waals surface area contributed by atoms with E-state index in [0.29, 0.717) is 25.7 Å². The second-order valence-electron chi connectivity index (χ2n) is 27.8. The Labute approximate surface area is 562 Å². The summed E-state index contributed by atoms with van der Waals surface area (Å²) in [5.41, 5.74) is 0. The number of phosphoric ester groups is 2. The van der Waals surface area contributed by atoms with Gasteiger partial charge in [-0.3, -0.25) is 37.3 Å². The lowest BCUT2D eigenvalue weighted by Crippen LogP contribution is -2.30. The van der Waals surface area contributed by atoms with Crippen LogP contribution < -0.4 is 0 Å². The normalized spacial score (nSPS) is 14.8. The van der Waals surface area contributed by atoms with E-state index in [9.17, 15) is 43.2 Å². The van der Waals surface area contributed by atoms with Gasteiger partial charge in [-0.15, -0.1) is 0 Å². The Morgan fingerprint density at radius 1 is 0.304 bits per heavy atom. The number of hydrogen-bond donors (Lipinski definition) is 3. The predicted molar refractivity (Wildman–Crippen MR) is 372 cm³/mol. The minimum Gasteiger partial charge on any atom is -0.462 e. The number of carbonyl (C=O) groups excluding carboxylic acids is 4. The third-order valence-corrected chi connectivity index (χ3v) is 19.4. The van der Waals surface area contributed by atoms with Crippen molar-refractivity contribution >= 4 is 39.5 Å². The number of aliphatic hydroxyl groups is 1. The number of unbranched alkanes of at least 4 members (excludes halogenated alkanes) is 34. The van der Waals surface area contributed by atoms with Crippen molar-refractivity contribution in [3.8, 4) is 0 Å². The van der Waals surface area contributed by atoms with Crippen LogP contribution in [0, 0.1) is 23.7 Å². The monoisotopic (exact) mass is 1350 g/mol. The predicted octanol–water partition coefficient (Wildman–Crippen LogP) is 20.9. The first-order valence-electron chi connectivity index (χ1n) is 37.8. The Morgan fingerprint density at radius 3 is 0.772 bits per heavy atom. The highest BCUT2D eigenvalue weighted by Crippen LogP contribution is 2.45. The lowest BCUT2D eigenvalue weighted by atomic mass is 9.99. The molecule has 19 heteroatoms. The Bertz CT molecular complexity index is 1820. The van der Waals surface area contributed by atoms with E-state index in [1.54, 1.807) is 0 Å². The Balaban J connectivity index is 5.26. The van der Waals surface area contributed by atoms with Crippen molar-refractivity contribution in [3.63, 3.8) is 0 Å². The third kappa shape index (κ3) is 64.1. The smallest absolute Gasteiger partial charge is 0.462 e. The molecule has 4 unspecified atom stereocenters. The minimum atomic E-state index is -4.95. The first-order chi connectivity index (χ1) is 44.2. The van der Waals surface area contributed by atoms with Gasteiger partial charge < -0.3 is 33.8 Å². The van der Waals surface area contributed by atoms with Crippen molar-refractivity contribution in [2.45, 2.75) is 382 Å². The minimum absolute atomic E-state index is 0.105. The molecule has 3 N–H and O–H groups in total. The van der Waals surface area contributed by atoms with Gasteiger partial charge in [0, 0.05) is 25.7 Å². The van der Waals surface area contributed by atoms with Crippen LogP contribution >= 0.6 is 15.6 Å². The average Bonchev–Trinajstić information content (AvgIpc) is 2.22. The maximum atomic E-state index is 13.0. The number of phosphoric acid groups is 2. The number of rotatable bonds is 70. The van der Waals surface area contributed by atoms with Crippen molar-refractivity contribution in [3.05, 3.63) is 0 Å². The zero-order valence-corrected chi connectivity index (χ0v) is 62.0. The van der Waals surface area contributed by atoms with E-state index in [1.165, 1.54) is 161 Å². The second kappa shape index (κ2) is 62.6. The van der Waals surface area contributed by atoms with Crippen molar-refractivity contribution in [2.75, 3.05) is 39.6 Å². The van der Waals surface area contributed by atoms with Gasteiger partial charge in [-0.25, -0.2) is 9.13 Å². The van der Waals surface area contributed by atoms with Gasteiger partial charge in [-0.2, -0.15) is 0 Å². The fourth-order valence-electron chi connectivity index (χ4n) is 11.0. The molecular formula is C73H142O17P2. The van der Waals surface area contributed by atoms with Crippen LogP contribution in [0.4, 0.5) is 0 Å². The number of hydrogen-bond acceptors (Lipinski definition) is 15. The van der Waals surface area contributed by atoms with E-state index in [2.05, 4.69) is 55.4 Å². The SMILES string of the molecule is CCC(C)CCCCCCCCCCCCC(=O)O[C@H](COC(=O)CCCCCCCCCCCC(C)C)COP(=O)(O)OC[C@@H](O)COP(=O)(O)OC[C@@H](COC(=O)CCCCCCCCC(C)CC)OC(=O)CCCCCCCCCCCCCCCC(C)C. The lowest BCUT2D eigenvalue weighted by molar-refractivity contribution is -0.161. The maximum absolute atomic E-state index is 13.0. The van der Waals surface area contributed by atoms with Crippen LogP contribution in [0.1, 0.15) is 364 Å². The highest BCUT2D eigenvalue weighted by Gasteiger charge is 2.30. The van der Waals surface area contributed by atoms with Crippen LogP contribution in [-0.2, 0) is 65.4 Å². The molecule has 0 rings (SSSR count). The highest BCUT2D eigenvalue weighted by atomic mass is 31.2. The van der Waals surface area contributed by atoms with Crippen molar-refractivity contribution in [1.82, 2.24) is 0 Å². The molecule has 0 bridgehead atoms. The van der Waals surface area contributed by atoms with Crippen molar-refractivity contribution in [1.29, 1.82) is 0 Å². The van der Waals surface area contributed by atoms with E-state index in [-0.39, 0.29) is 25.7 Å². The summed E-state index contributed by atoms with van der Waals surface area (Å²) in [5, 5.41) is 10.6. The molecule has 0 heterocycles. The van der Waals surface area contributed by atoms with Gasteiger partial charge in [0.1, 0.15) is 19.3 Å². The highest BCUT2D eigenvalue weighted by molar-refractivity contribution is 7.47. The van der Waals surface area contributed by atoms with Crippen LogP contribution in [-0.4, -0.2) is 96.7 Å². The molecule has 0 radical (unpaired) electrons. The summed E-state index contributed by atoms with van der Waals surface area (Å²) in [6.45, 7) is 14.2. The summed E-state index contributed by atoms with van der Waals surface area (Å²) in [6.07, 6.45) is 45.7. The molecule has 0 fully saturated rings. The van der Waals surface area contributed by atoms with Gasteiger partial charge in [0.25, 0.3) is 0 Å². The van der Waals surface area contributed by atoms with E-state index >= 15 is 0 Å². The van der Waals surface area contributed by atoms with Gasteiger partial charge in [0.05, 0.1) is 26.4 Å². The summed E-state index contributed by atoms with van der Waals surface area (Å²) >= 11 is 0. The largest absolute Gasteiger partial charge is 0.472 e. The number of esters is 4. The summed E-state index contributed by atoms with van der Waals surface area (Å²) in [7, 11) is -9.91. The molecule has 0 aromatic carbocycles. The lowest BCUT2D eigenvalue weighted by Gasteiger charge is -2.21. The van der Waals surface area contributed by atoms with Crippen LogP contribution in [0.15, 0.2) is 0 Å². The van der Waals surface area contributed by atoms with Crippen LogP contribution in [0.2, 0.25) is 0 Å². The van der Waals surface area contributed by atoms with E-state index < -0.39 is 97.5 Å². The summed E-state index contributed by atoms with van der Waals surface area (Å²) in [4.78, 5) is 72.7. The molecule has 0 saturated carbocycles. The maximum Gasteiger partial charge on any atom is 0.472 e. The van der Waals surface area contributed by atoms with E-state index in [4.69, 9.17) is 37.0 Å². The van der Waals surface area contributed by atoms with E-state index in [0.717, 1.165) is 120 Å². The molecule has 17 nitrogen and oxygen atoms in total. The quantitative estimate of drug-likeness (QED) is 0.0222. The van der Waals surface area contributed by atoms with E-state index in [1.807, 2.05) is 0 Å². The molecule has 0 saturated heterocycles. The zero-order chi connectivity index (χ0) is 68.2. The van der Waals surface area contributed by atoms with Gasteiger partial charge in [0.2, 0.25) is 0 Å².